The highest BCUT2D eigenvalue weighted by molar-refractivity contribution is 5.84. The van der Waals surface area contributed by atoms with Crippen molar-refractivity contribution in [1.29, 1.82) is 0 Å². The number of aromatic nitrogens is 5. The Kier molecular flexibility index (Phi) is 5.15. The number of benzene rings is 1. The molecule has 2 aliphatic heterocycles. The molecule has 0 amide bonds. The Morgan fingerprint density at radius 1 is 1.24 bits per heavy atom. The number of halogens is 3. The fourth-order valence-corrected chi connectivity index (χ4v) is 6.51. The number of nitrogens with one attached hydrogen (secondary N) is 1. The number of H-pyrrole nitrogens is 1. The number of hydrogen-bond donors (Lipinski definition) is 1. The van der Waals surface area contributed by atoms with Crippen molar-refractivity contribution in [3.8, 4) is 5.69 Å². The van der Waals surface area contributed by atoms with Gasteiger partial charge in [0.25, 0.3) is 5.56 Å². The third-order valence-corrected chi connectivity index (χ3v) is 8.57. The van der Waals surface area contributed by atoms with E-state index >= 15 is 0 Å². The maximum absolute atomic E-state index is 14.3. The Hall–Kier alpha value is -3.44. The highest BCUT2D eigenvalue weighted by Gasteiger charge is 2.44. The highest BCUT2D eigenvalue weighted by atomic mass is 19.4. The van der Waals surface area contributed by atoms with Gasteiger partial charge in [-0.3, -0.25) is 14.3 Å². The van der Waals surface area contributed by atoms with Crippen molar-refractivity contribution in [1.82, 2.24) is 29.2 Å². The number of pyridine rings is 1. The Balaban J connectivity index is 1.33. The third-order valence-electron chi connectivity index (χ3n) is 8.57. The Labute approximate surface area is 216 Å². The van der Waals surface area contributed by atoms with E-state index < -0.39 is 17.3 Å². The van der Waals surface area contributed by atoms with Gasteiger partial charge in [-0.25, -0.2) is 0 Å². The zero-order chi connectivity index (χ0) is 26.2. The average molecular weight is 525 g/mol. The molecular weight excluding hydrogens is 497 g/mol. The first-order valence-electron chi connectivity index (χ1n) is 12.9. The standard InChI is InChI=1S/C27H27F3N6O2/c1-34-15-31-33-25(34)26(6-3-7-26)16-4-2-5-18(8-16)36-13-22(27(28,29)30)21-9-17(32-23(21)24(36)37)11-35-12-20-10-19(35)14-38-20/h2,4-5,8-9,13,15,19-20,32H,3,6-7,10-12,14H2,1H3/t19-,20-/m0/s1. The normalized spacial score (nSPS) is 22.8. The Morgan fingerprint density at radius 3 is 2.71 bits per heavy atom. The van der Waals surface area contributed by atoms with E-state index in [1.807, 2.05) is 23.7 Å². The monoisotopic (exact) mass is 524 g/mol. The van der Waals surface area contributed by atoms with Gasteiger partial charge in [0.1, 0.15) is 17.7 Å². The Bertz CT molecular complexity index is 1600. The van der Waals surface area contributed by atoms with Crippen molar-refractivity contribution in [2.45, 2.75) is 56.0 Å². The largest absolute Gasteiger partial charge is 0.418 e. The molecule has 38 heavy (non-hydrogen) atoms. The predicted octanol–water partition coefficient (Wildman–Crippen LogP) is 3.91. The van der Waals surface area contributed by atoms with Gasteiger partial charge >= 0.3 is 6.18 Å². The molecule has 4 aromatic rings. The number of ether oxygens (including phenoxy) is 1. The SMILES string of the molecule is Cn1cnnc1C1(c2cccc(-n3cc(C(F)(F)F)c4cc(CN5C[C@@H]6C[C@H]5CO6)[nH]c4c3=O)c2)CCC1. The van der Waals surface area contributed by atoms with Gasteiger partial charge in [-0.2, -0.15) is 13.2 Å². The molecule has 2 bridgehead atoms. The van der Waals surface area contributed by atoms with E-state index in [1.165, 1.54) is 6.07 Å². The molecule has 1 saturated carbocycles. The summed E-state index contributed by atoms with van der Waals surface area (Å²) >= 11 is 0. The van der Waals surface area contributed by atoms with Crippen LogP contribution in [0.15, 0.2) is 47.7 Å². The van der Waals surface area contributed by atoms with Crippen LogP contribution in [0.1, 0.15) is 48.3 Å². The van der Waals surface area contributed by atoms with E-state index in [-0.39, 0.29) is 28.5 Å². The lowest BCUT2D eigenvalue weighted by Crippen LogP contribution is -2.38. The third kappa shape index (κ3) is 3.55. The van der Waals surface area contributed by atoms with Crippen LogP contribution in [0.5, 0.6) is 0 Å². The van der Waals surface area contributed by atoms with E-state index in [1.54, 1.807) is 18.5 Å². The number of rotatable bonds is 5. The van der Waals surface area contributed by atoms with Gasteiger partial charge in [-0.15, -0.1) is 10.2 Å². The molecule has 3 aromatic heterocycles. The van der Waals surface area contributed by atoms with E-state index in [0.717, 1.165) is 54.4 Å². The maximum Gasteiger partial charge on any atom is 0.418 e. The first-order valence-corrected chi connectivity index (χ1v) is 12.9. The summed E-state index contributed by atoms with van der Waals surface area (Å²) in [4.78, 5) is 18.9. The molecule has 1 aromatic carbocycles. The van der Waals surface area contributed by atoms with Crippen molar-refractivity contribution in [2.75, 3.05) is 13.2 Å². The molecule has 0 spiro atoms. The summed E-state index contributed by atoms with van der Waals surface area (Å²) in [6, 6.07) is 8.96. The van der Waals surface area contributed by atoms with Crippen LogP contribution in [0.3, 0.4) is 0 Å². The van der Waals surface area contributed by atoms with Crippen molar-refractivity contribution in [3.05, 3.63) is 75.9 Å². The number of alkyl halides is 3. The van der Waals surface area contributed by atoms with Gasteiger partial charge in [0.2, 0.25) is 0 Å². The summed E-state index contributed by atoms with van der Waals surface area (Å²) in [7, 11) is 1.89. The molecule has 5 heterocycles. The number of morpholine rings is 1. The van der Waals surface area contributed by atoms with Crippen LogP contribution in [0.4, 0.5) is 13.2 Å². The topological polar surface area (TPSA) is 81.0 Å². The molecule has 198 valence electrons. The molecule has 3 fully saturated rings. The summed E-state index contributed by atoms with van der Waals surface area (Å²) < 4.78 is 51.4. The molecule has 0 radical (unpaired) electrons. The molecule has 1 aliphatic carbocycles. The van der Waals surface area contributed by atoms with Crippen LogP contribution in [0.2, 0.25) is 0 Å². The van der Waals surface area contributed by atoms with E-state index in [9.17, 15) is 18.0 Å². The molecular formula is C27H27F3N6O2. The smallest absolute Gasteiger partial charge is 0.375 e. The zero-order valence-corrected chi connectivity index (χ0v) is 20.8. The number of likely N-dealkylation sites (tertiary alicyclic amines) is 1. The fraction of sp³-hybridized carbons (Fsp3) is 0.444. The molecule has 0 unspecified atom stereocenters. The van der Waals surface area contributed by atoms with Gasteiger partial charge in [-0.05, 0) is 43.0 Å². The van der Waals surface area contributed by atoms with Crippen molar-refractivity contribution < 1.29 is 17.9 Å². The lowest BCUT2D eigenvalue weighted by Gasteiger charge is -2.41. The maximum atomic E-state index is 14.3. The van der Waals surface area contributed by atoms with E-state index in [4.69, 9.17) is 4.74 Å². The van der Waals surface area contributed by atoms with Crippen molar-refractivity contribution in [2.24, 2.45) is 7.05 Å². The molecule has 11 heteroatoms. The van der Waals surface area contributed by atoms with Crippen molar-refractivity contribution >= 4 is 10.9 Å². The van der Waals surface area contributed by atoms with Crippen molar-refractivity contribution in [3.63, 3.8) is 0 Å². The Morgan fingerprint density at radius 2 is 2.08 bits per heavy atom. The minimum atomic E-state index is -4.63. The zero-order valence-electron chi connectivity index (χ0n) is 20.8. The van der Waals surface area contributed by atoms with Gasteiger partial charge in [0.15, 0.2) is 0 Å². The fourth-order valence-electron chi connectivity index (χ4n) is 6.51. The van der Waals surface area contributed by atoms with Gasteiger partial charge in [-0.1, -0.05) is 18.6 Å². The lowest BCUT2D eigenvalue weighted by molar-refractivity contribution is -0.136. The van der Waals surface area contributed by atoms with Crippen LogP contribution >= 0.6 is 0 Å². The van der Waals surface area contributed by atoms with Crippen LogP contribution in [-0.2, 0) is 29.9 Å². The van der Waals surface area contributed by atoms with Crippen LogP contribution in [0, 0.1) is 0 Å². The second-order valence-corrected chi connectivity index (χ2v) is 10.8. The minimum absolute atomic E-state index is 0.0347. The van der Waals surface area contributed by atoms with Crippen LogP contribution in [-0.4, -0.2) is 54.5 Å². The van der Waals surface area contributed by atoms with Crippen LogP contribution < -0.4 is 5.56 Å². The molecule has 7 rings (SSSR count). The summed E-state index contributed by atoms with van der Waals surface area (Å²) in [5, 5.41) is 8.27. The number of hydrogen-bond acceptors (Lipinski definition) is 5. The minimum Gasteiger partial charge on any atom is -0.375 e. The lowest BCUT2D eigenvalue weighted by atomic mass is 9.63. The summed E-state index contributed by atoms with van der Waals surface area (Å²) in [5.41, 5.74) is 0.141. The molecule has 3 aliphatic rings. The number of aromatic amines is 1. The van der Waals surface area contributed by atoms with E-state index in [2.05, 4.69) is 20.1 Å². The molecule has 1 N–H and O–H groups in total. The molecule has 2 atom stereocenters. The van der Waals surface area contributed by atoms with E-state index in [0.29, 0.717) is 24.5 Å². The average Bonchev–Trinajstić information content (AvgIpc) is 3.64. The summed E-state index contributed by atoms with van der Waals surface area (Å²) in [6.45, 7) is 1.83. The quantitative estimate of drug-likeness (QED) is 0.428. The second-order valence-electron chi connectivity index (χ2n) is 10.8. The molecule has 2 saturated heterocycles. The predicted molar refractivity (Wildman–Crippen MR) is 133 cm³/mol. The summed E-state index contributed by atoms with van der Waals surface area (Å²) in [6.07, 6.45) is 1.80. The highest BCUT2D eigenvalue weighted by Crippen LogP contribution is 2.48. The summed E-state index contributed by atoms with van der Waals surface area (Å²) in [5.74, 6) is 0.815. The second kappa shape index (κ2) is 8.28. The van der Waals surface area contributed by atoms with Crippen LogP contribution in [0.25, 0.3) is 16.6 Å². The molecule has 8 nitrogen and oxygen atoms in total. The van der Waals surface area contributed by atoms with Gasteiger partial charge < -0.3 is 14.3 Å². The number of aryl methyl sites for hydroxylation is 1. The number of nitrogens with zero attached hydrogens (tertiary/aromatic N) is 5. The first kappa shape index (κ1) is 23.7. The van der Waals surface area contributed by atoms with Gasteiger partial charge in [0, 0.05) is 49.1 Å². The first-order chi connectivity index (χ1) is 18.2. The number of fused-ring (bicyclic) bond motifs is 3. The van der Waals surface area contributed by atoms with Gasteiger partial charge in [0.05, 0.1) is 23.7 Å².